The number of carbonyl (C=O) groups excluding carboxylic acids is 1. The normalized spacial score (nSPS) is 20.4. The second-order valence-corrected chi connectivity index (χ2v) is 6.45. The molecular formula is C16H33N3O. The van der Waals surface area contributed by atoms with Crippen LogP contribution in [0.15, 0.2) is 0 Å². The van der Waals surface area contributed by atoms with E-state index >= 15 is 0 Å². The van der Waals surface area contributed by atoms with E-state index in [0.29, 0.717) is 12.6 Å². The third-order valence-electron chi connectivity index (χ3n) is 4.80. The summed E-state index contributed by atoms with van der Waals surface area (Å²) in [5.74, 6) is 0.254. The maximum atomic E-state index is 12.9. The molecule has 0 aliphatic carbocycles. The summed E-state index contributed by atoms with van der Waals surface area (Å²) in [6.07, 6.45) is 6.28. The van der Waals surface area contributed by atoms with Gasteiger partial charge < -0.3 is 15.5 Å². The lowest BCUT2D eigenvalue weighted by atomic mass is 9.78. The predicted octanol–water partition coefficient (Wildman–Crippen LogP) is 2.08. The number of hydrogen-bond acceptors (Lipinski definition) is 3. The number of nitrogens with zero attached hydrogens (tertiary/aromatic N) is 2. The minimum absolute atomic E-state index is 0.254. The Labute approximate surface area is 124 Å². The van der Waals surface area contributed by atoms with Gasteiger partial charge in [0, 0.05) is 26.2 Å². The summed E-state index contributed by atoms with van der Waals surface area (Å²) in [7, 11) is 4.11. The zero-order chi connectivity index (χ0) is 15.2. The van der Waals surface area contributed by atoms with Gasteiger partial charge >= 0.3 is 0 Å². The van der Waals surface area contributed by atoms with E-state index in [1.54, 1.807) is 0 Å². The highest BCUT2D eigenvalue weighted by Gasteiger charge is 2.38. The molecule has 1 amide bonds. The van der Waals surface area contributed by atoms with E-state index in [0.717, 1.165) is 38.8 Å². The molecule has 2 N–H and O–H groups in total. The van der Waals surface area contributed by atoms with Gasteiger partial charge in [-0.3, -0.25) is 4.79 Å². The molecule has 1 fully saturated rings. The molecule has 118 valence electrons. The molecule has 0 spiro atoms. The average molecular weight is 283 g/mol. The first kappa shape index (κ1) is 17.4. The van der Waals surface area contributed by atoms with Gasteiger partial charge in [0.2, 0.25) is 5.91 Å². The van der Waals surface area contributed by atoms with Gasteiger partial charge in [0.15, 0.2) is 0 Å². The van der Waals surface area contributed by atoms with Crippen molar-refractivity contribution in [2.24, 2.45) is 11.1 Å². The number of likely N-dealkylation sites (N-methyl/N-ethyl adjacent to an activating group) is 2. The topological polar surface area (TPSA) is 49.6 Å². The maximum absolute atomic E-state index is 12.9. The zero-order valence-electron chi connectivity index (χ0n) is 13.8. The molecular weight excluding hydrogens is 250 g/mol. The molecule has 1 atom stereocenters. The fourth-order valence-corrected chi connectivity index (χ4v) is 3.60. The molecule has 1 heterocycles. The Bertz CT molecular complexity index is 300. The van der Waals surface area contributed by atoms with Crippen molar-refractivity contribution >= 4 is 5.91 Å². The van der Waals surface area contributed by atoms with E-state index in [-0.39, 0.29) is 11.3 Å². The largest absolute Gasteiger partial charge is 0.344 e. The Hall–Kier alpha value is -0.610. The maximum Gasteiger partial charge on any atom is 0.229 e. The van der Waals surface area contributed by atoms with Crippen LogP contribution in [0.2, 0.25) is 0 Å². The second kappa shape index (κ2) is 7.99. The van der Waals surface area contributed by atoms with E-state index in [1.807, 2.05) is 11.9 Å². The first-order chi connectivity index (χ1) is 9.50. The monoisotopic (exact) mass is 283 g/mol. The van der Waals surface area contributed by atoms with Crippen LogP contribution in [0.3, 0.4) is 0 Å². The molecule has 4 heteroatoms. The van der Waals surface area contributed by atoms with Crippen molar-refractivity contribution in [3.8, 4) is 0 Å². The molecule has 1 aliphatic heterocycles. The second-order valence-electron chi connectivity index (χ2n) is 6.45. The summed E-state index contributed by atoms with van der Waals surface area (Å²) in [5.41, 5.74) is 5.66. The van der Waals surface area contributed by atoms with Gasteiger partial charge in [-0.05, 0) is 39.3 Å². The lowest BCUT2D eigenvalue weighted by Crippen LogP contribution is -2.49. The molecule has 1 unspecified atom stereocenters. The standard InChI is InChI=1S/C16H33N3O/c1-5-9-16(13-17,10-6-2)15(20)19(4)12-14-8-7-11-18(14)3/h14H,5-13,17H2,1-4H3. The van der Waals surface area contributed by atoms with Crippen molar-refractivity contribution in [3.05, 3.63) is 0 Å². The Morgan fingerprint density at radius 2 is 1.95 bits per heavy atom. The van der Waals surface area contributed by atoms with Crippen molar-refractivity contribution in [2.75, 3.05) is 33.7 Å². The summed E-state index contributed by atoms with van der Waals surface area (Å²) in [6, 6.07) is 0.516. The summed E-state index contributed by atoms with van der Waals surface area (Å²) >= 11 is 0. The van der Waals surface area contributed by atoms with E-state index in [1.165, 1.54) is 12.8 Å². The van der Waals surface area contributed by atoms with Crippen LogP contribution in [0.4, 0.5) is 0 Å². The number of amides is 1. The molecule has 0 aromatic rings. The van der Waals surface area contributed by atoms with Crippen LogP contribution < -0.4 is 5.73 Å². The lowest BCUT2D eigenvalue weighted by molar-refractivity contribution is -0.142. The highest BCUT2D eigenvalue weighted by Crippen LogP contribution is 2.31. The van der Waals surface area contributed by atoms with E-state index < -0.39 is 0 Å². The highest BCUT2D eigenvalue weighted by atomic mass is 16.2. The van der Waals surface area contributed by atoms with Crippen molar-refractivity contribution in [2.45, 2.75) is 58.4 Å². The van der Waals surface area contributed by atoms with Crippen molar-refractivity contribution in [1.29, 1.82) is 0 Å². The number of hydrogen-bond donors (Lipinski definition) is 1. The number of likely N-dealkylation sites (tertiary alicyclic amines) is 1. The Kier molecular flexibility index (Phi) is 6.96. The third kappa shape index (κ3) is 3.95. The minimum Gasteiger partial charge on any atom is -0.344 e. The SMILES string of the molecule is CCCC(CN)(CCC)C(=O)N(C)CC1CCCN1C. The molecule has 1 aliphatic rings. The Morgan fingerprint density at radius 3 is 2.35 bits per heavy atom. The number of nitrogens with two attached hydrogens (primary N) is 1. The van der Waals surface area contributed by atoms with Gasteiger partial charge in [-0.2, -0.15) is 0 Å². The fraction of sp³-hybridized carbons (Fsp3) is 0.938. The minimum atomic E-state index is -0.338. The molecule has 1 rings (SSSR count). The molecule has 4 nitrogen and oxygen atoms in total. The first-order valence-corrected chi connectivity index (χ1v) is 8.16. The van der Waals surface area contributed by atoms with E-state index in [4.69, 9.17) is 5.73 Å². The quantitative estimate of drug-likeness (QED) is 0.742. The van der Waals surface area contributed by atoms with Crippen LogP contribution in [0.5, 0.6) is 0 Å². The van der Waals surface area contributed by atoms with Crippen molar-refractivity contribution < 1.29 is 4.79 Å². The van der Waals surface area contributed by atoms with Crippen LogP contribution >= 0.6 is 0 Å². The molecule has 0 aromatic carbocycles. The molecule has 0 radical (unpaired) electrons. The van der Waals surface area contributed by atoms with Gasteiger partial charge in [0.1, 0.15) is 0 Å². The van der Waals surface area contributed by atoms with Crippen molar-refractivity contribution in [1.82, 2.24) is 9.80 Å². The van der Waals surface area contributed by atoms with Crippen LogP contribution in [0.1, 0.15) is 52.4 Å². The summed E-state index contributed by atoms with van der Waals surface area (Å²) in [4.78, 5) is 17.2. The van der Waals surface area contributed by atoms with Gasteiger partial charge in [0.05, 0.1) is 5.41 Å². The summed E-state index contributed by atoms with van der Waals surface area (Å²) in [6.45, 7) is 6.73. The van der Waals surface area contributed by atoms with Gasteiger partial charge in [0.25, 0.3) is 0 Å². The van der Waals surface area contributed by atoms with E-state index in [9.17, 15) is 4.79 Å². The van der Waals surface area contributed by atoms with Crippen molar-refractivity contribution in [3.63, 3.8) is 0 Å². The average Bonchev–Trinajstić information content (AvgIpc) is 2.83. The molecule has 0 bridgehead atoms. The first-order valence-electron chi connectivity index (χ1n) is 8.16. The Morgan fingerprint density at radius 1 is 1.35 bits per heavy atom. The van der Waals surface area contributed by atoms with Crippen LogP contribution in [0, 0.1) is 5.41 Å². The number of carbonyl (C=O) groups is 1. The molecule has 0 aromatic heterocycles. The van der Waals surface area contributed by atoms with Gasteiger partial charge in [-0.25, -0.2) is 0 Å². The zero-order valence-corrected chi connectivity index (χ0v) is 13.8. The smallest absolute Gasteiger partial charge is 0.229 e. The third-order valence-corrected chi connectivity index (χ3v) is 4.80. The van der Waals surface area contributed by atoms with Gasteiger partial charge in [-0.1, -0.05) is 26.7 Å². The van der Waals surface area contributed by atoms with Crippen LogP contribution in [-0.4, -0.2) is 55.5 Å². The van der Waals surface area contributed by atoms with Crippen LogP contribution in [-0.2, 0) is 4.79 Å². The fourth-order valence-electron chi connectivity index (χ4n) is 3.60. The predicted molar refractivity (Wildman–Crippen MR) is 84.6 cm³/mol. The molecule has 1 saturated heterocycles. The van der Waals surface area contributed by atoms with Gasteiger partial charge in [-0.15, -0.1) is 0 Å². The lowest BCUT2D eigenvalue weighted by Gasteiger charge is -2.36. The van der Waals surface area contributed by atoms with Crippen LogP contribution in [0.25, 0.3) is 0 Å². The van der Waals surface area contributed by atoms with E-state index in [2.05, 4.69) is 25.8 Å². The number of rotatable bonds is 8. The summed E-state index contributed by atoms with van der Waals surface area (Å²) < 4.78 is 0. The highest BCUT2D eigenvalue weighted by molar-refractivity contribution is 5.82. The summed E-state index contributed by atoms with van der Waals surface area (Å²) in [5, 5.41) is 0. The Balaban J connectivity index is 2.72. The molecule has 20 heavy (non-hydrogen) atoms. The molecule has 0 saturated carbocycles.